The van der Waals surface area contributed by atoms with Gasteiger partial charge in [-0.3, -0.25) is 18.8 Å². The van der Waals surface area contributed by atoms with Crippen LogP contribution in [-0.2, 0) is 12.7 Å². The first-order chi connectivity index (χ1) is 16.7. The number of alkyl halides is 3. The Morgan fingerprint density at radius 2 is 1.97 bits per heavy atom. The molecule has 2 saturated heterocycles. The Hall–Kier alpha value is -1.88. The largest absolute Gasteiger partial charge is 0.418 e. The molecule has 1 aliphatic carbocycles. The van der Waals surface area contributed by atoms with E-state index in [-0.39, 0.29) is 23.4 Å². The van der Waals surface area contributed by atoms with Crippen molar-refractivity contribution in [3.63, 3.8) is 0 Å². The summed E-state index contributed by atoms with van der Waals surface area (Å²) in [6, 6.07) is 1.17. The average Bonchev–Trinajstić information content (AvgIpc) is 3.36. The van der Waals surface area contributed by atoms with Crippen molar-refractivity contribution in [3.8, 4) is 0 Å². The van der Waals surface area contributed by atoms with Crippen LogP contribution < -0.4 is 16.5 Å². The Morgan fingerprint density at radius 3 is 2.69 bits per heavy atom. The fourth-order valence-corrected chi connectivity index (χ4v) is 6.32. The van der Waals surface area contributed by atoms with Crippen LogP contribution in [0.1, 0.15) is 69.0 Å². The van der Waals surface area contributed by atoms with Crippen LogP contribution in [0, 0.1) is 11.8 Å². The lowest BCUT2D eigenvalue weighted by Crippen LogP contribution is -2.38. The Morgan fingerprint density at radius 1 is 1.14 bits per heavy atom. The molecule has 0 bridgehead atoms. The third-order valence-corrected chi connectivity index (χ3v) is 8.14. The van der Waals surface area contributed by atoms with Crippen molar-refractivity contribution in [1.29, 1.82) is 0 Å². The summed E-state index contributed by atoms with van der Waals surface area (Å²) in [5, 5.41) is 0. The minimum absolute atomic E-state index is 0.0400. The van der Waals surface area contributed by atoms with Crippen molar-refractivity contribution in [2.45, 2.75) is 76.8 Å². The van der Waals surface area contributed by atoms with Crippen molar-refractivity contribution in [3.05, 3.63) is 40.1 Å². The standard InChI is InChI=1S/C25H37F3N6O/c1-17-5-4-8-32(12-17)13-19-10-21(25(26,27)28)22-15-33(24(35)34(22)14-19)20-7-3-6-18(9-20)11-23-30-29-16-31(23)2/h10,14-15,17-18,20,23,29-30H,3-9,11-13,16H2,1-2H3/t17-,18?,20?,23?/m0/s1. The summed E-state index contributed by atoms with van der Waals surface area (Å²) < 4.78 is 45.1. The van der Waals surface area contributed by atoms with E-state index in [1.165, 1.54) is 16.7 Å². The lowest BCUT2D eigenvalue weighted by Gasteiger charge is -2.32. The van der Waals surface area contributed by atoms with Crippen LogP contribution in [0.15, 0.2) is 23.3 Å². The molecule has 194 valence electrons. The number of imidazole rings is 1. The number of aromatic nitrogens is 2. The first kappa shape index (κ1) is 24.8. The number of halogens is 3. The predicted molar refractivity (Wildman–Crippen MR) is 129 cm³/mol. The topological polar surface area (TPSA) is 57.0 Å². The molecule has 3 unspecified atom stereocenters. The molecule has 0 radical (unpaired) electrons. The molecule has 2 aromatic rings. The molecule has 2 N–H and O–H groups in total. The van der Waals surface area contributed by atoms with Gasteiger partial charge in [0.1, 0.15) is 0 Å². The van der Waals surface area contributed by atoms with Gasteiger partial charge in [0.15, 0.2) is 0 Å². The van der Waals surface area contributed by atoms with E-state index in [0.29, 0.717) is 23.9 Å². The number of likely N-dealkylation sites (tertiary alicyclic amines) is 1. The zero-order valence-electron chi connectivity index (χ0n) is 20.7. The zero-order chi connectivity index (χ0) is 24.7. The van der Waals surface area contributed by atoms with E-state index >= 15 is 0 Å². The van der Waals surface area contributed by atoms with Gasteiger partial charge in [-0.2, -0.15) is 13.2 Å². The number of piperidine rings is 1. The highest BCUT2D eigenvalue weighted by atomic mass is 19.4. The van der Waals surface area contributed by atoms with Crippen LogP contribution >= 0.6 is 0 Å². The number of pyridine rings is 1. The van der Waals surface area contributed by atoms with Gasteiger partial charge in [0.05, 0.1) is 23.9 Å². The number of rotatable bonds is 5. The maximum atomic E-state index is 14.1. The molecule has 5 rings (SSSR count). The maximum Gasteiger partial charge on any atom is 0.418 e. The Balaban J connectivity index is 1.43. The van der Waals surface area contributed by atoms with Crippen molar-refractivity contribution in [2.75, 3.05) is 26.8 Å². The number of nitrogens with one attached hydrogen (secondary N) is 2. The molecular formula is C25H37F3N6O. The van der Waals surface area contributed by atoms with Crippen molar-refractivity contribution in [1.82, 2.24) is 29.6 Å². The third kappa shape index (κ3) is 5.30. The predicted octanol–water partition coefficient (Wildman–Crippen LogP) is 3.80. The van der Waals surface area contributed by atoms with Crippen LogP contribution in [0.3, 0.4) is 0 Å². The second kappa shape index (κ2) is 9.88. The molecule has 4 heterocycles. The number of nitrogens with zero attached hydrogens (tertiary/aromatic N) is 4. The second-order valence-electron chi connectivity index (χ2n) is 11.0. The number of fused-ring (bicyclic) bond motifs is 1. The summed E-state index contributed by atoms with van der Waals surface area (Å²) in [6.07, 6.45) is 5.64. The average molecular weight is 495 g/mol. The van der Waals surface area contributed by atoms with E-state index in [4.69, 9.17) is 0 Å². The van der Waals surface area contributed by atoms with Crippen LogP contribution in [0.4, 0.5) is 13.2 Å². The van der Waals surface area contributed by atoms with E-state index in [1.807, 2.05) is 0 Å². The molecule has 0 amide bonds. The highest BCUT2D eigenvalue weighted by Gasteiger charge is 2.36. The van der Waals surface area contributed by atoms with Gasteiger partial charge < -0.3 is 0 Å². The Labute approximate surface area is 204 Å². The van der Waals surface area contributed by atoms with E-state index < -0.39 is 11.7 Å². The fourth-order valence-electron chi connectivity index (χ4n) is 6.32. The van der Waals surface area contributed by atoms with Gasteiger partial charge in [-0.05, 0) is 69.2 Å². The molecule has 2 aromatic heterocycles. The van der Waals surface area contributed by atoms with Gasteiger partial charge in [0.25, 0.3) is 0 Å². The van der Waals surface area contributed by atoms with Gasteiger partial charge in [0.2, 0.25) is 0 Å². The summed E-state index contributed by atoms with van der Waals surface area (Å²) >= 11 is 0. The molecule has 7 nitrogen and oxygen atoms in total. The normalized spacial score (nSPS) is 29.3. The lowest BCUT2D eigenvalue weighted by atomic mass is 9.83. The van der Waals surface area contributed by atoms with E-state index in [0.717, 1.165) is 64.7 Å². The zero-order valence-corrected chi connectivity index (χ0v) is 20.7. The van der Waals surface area contributed by atoms with Gasteiger partial charge in [-0.1, -0.05) is 19.8 Å². The lowest BCUT2D eigenvalue weighted by molar-refractivity contribution is -0.136. The highest BCUT2D eigenvalue weighted by molar-refractivity contribution is 5.56. The molecule has 35 heavy (non-hydrogen) atoms. The number of hydrazine groups is 1. The second-order valence-corrected chi connectivity index (χ2v) is 11.0. The minimum Gasteiger partial charge on any atom is -0.299 e. The van der Waals surface area contributed by atoms with Crippen molar-refractivity contribution >= 4 is 5.52 Å². The molecule has 0 spiro atoms. The SMILES string of the molecule is C[C@H]1CCCN(Cc2cc(C(F)(F)F)c3cn(C4CCCC(CC5NNCN5C)C4)c(=O)n3c2)C1. The van der Waals surface area contributed by atoms with Gasteiger partial charge >= 0.3 is 11.9 Å². The van der Waals surface area contributed by atoms with E-state index in [9.17, 15) is 18.0 Å². The smallest absolute Gasteiger partial charge is 0.299 e. The molecular weight excluding hydrogens is 457 g/mol. The van der Waals surface area contributed by atoms with Gasteiger partial charge in [0, 0.05) is 31.5 Å². The molecule has 1 saturated carbocycles. The Kier molecular flexibility index (Phi) is 7.00. The molecule has 3 fully saturated rings. The summed E-state index contributed by atoms with van der Waals surface area (Å²) in [4.78, 5) is 17.8. The van der Waals surface area contributed by atoms with Gasteiger partial charge in [-0.25, -0.2) is 15.6 Å². The van der Waals surface area contributed by atoms with Crippen LogP contribution in [0.5, 0.6) is 0 Å². The first-order valence-electron chi connectivity index (χ1n) is 12.9. The summed E-state index contributed by atoms with van der Waals surface area (Å²) in [6.45, 7) is 5.14. The fraction of sp³-hybridized carbons (Fsp3) is 0.720. The Bertz CT molecular complexity index is 1100. The van der Waals surface area contributed by atoms with Crippen molar-refractivity contribution < 1.29 is 13.2 Å². The number of hydrogen-bond acceptors (Lipinski definition) is 5. The third-order valence-electron chi connectivity index (χ3n) is 8.14. The highest BCUT2D eigenvalue weighted by Crippen LogP contribution is 2.37. The minimum atomic E-state index is -4.52. The quantitative estimate of drug-likeness (QED) is 0.663. The van der Waals surface area contributed by atoms with E-state index in [1.54, 1.807) is 10.8 Å². The van der Waals surface area contributed by atoms with Crippen LogP contribution in [0.2, 0.25) is 0 Å². The van der Waals surface area contributed by atoms with Crippen LogP contribution in [-0.4, -0.2) is 51.7 Å². The summed E-state index contributed by atoms with van der Waals surface area (Å²) in [5.41, 5.74) is 5.86. The molecule has 2 aliphatic heterocycles. The van der Waals surface area contributed by atoms with Crippen LogP contribution in [0.25, 0.3) is 5.52 Å². The first-order valence-corrected chi connectivity index (χ1v) is 12.9. The molecule has 4 atom stereocenters. The van der Waals surface area contributed by atoms with Crippen molar-refractivity contribution in [2.24, 2.45) is 11.8 Å². The van der Waals surface area contributed by atoms with Gasteiger partial charge in [-0.15, -0.1) is 0 Å². The maximum absolute atomic E-state index is 14.1. The molecule has 10 heteroatoms. The summed E-state index contributed by atoms with van der Waals surface area (Å²) in [5.74, 6) is 0.954. The number of hydrogen-bond donors (Lipinski definition) is 2. The summed E-state index contributed by atoms with van der Waals surface area (Å²) in [7, 11) is 2.06. The molecule has 0 aromatic carbocycles. The monoisotopic (exact) mass is 494 g/mol. The molecule has 3 aliphatic rings. The van der Waals surface area contributed by atoms with E-state index in [2.05, 4.69) is 34.6 Å².